The topological polar surface area (TPSA) is 0 Å². The molecule has 2 aromatic carbocycles. The lowest BCUT2D eigenvalue weighted by molar-refractivity contribution is 1.03. The summed E-state index contributed by atoms with van der Waals surface area (Å²) in [5.74, 6) is 0. The van der Waals surface area contributed by atoms with Gasteiger partial charge in [0.15, 0.2) is 0 Å². The summed E-state index contributed by atoms with van der Waals surface area (Å²) in [5.41, 5.74) is 4.94. The molecule has 0 unspecified atom stereocenters. The monoisotopic (exact) mass is 302 g/mol. The molecule has 0 fully saturated rings. The Labute approximate surface area is 135 Å². The number of fused-ring (bicyclic) bond motifs is 3. The van der Waals surface area contributed by atoms with E-state index in [0.717, 1.165) is 18.4 Å². The molecule has 0 N–H and O–H groups in total. The second-order valence-corrected chi connectivity index (χ2v) is 7.01. The maximum absolute atomic E-state index is 4.32. The van der Waals surface area contributed by atoms with Crippen LogP contribution in [0.2, 0.25) is 0 Å². The van der Waals surface area contributed by atoms with E-state index in [1.807, 2.05) is 11.3 Å². The van der Waals surface area contributed by atoms with Gasteiger partial charge in [0, 0.05) is 20.2 Å². The molecule has 22 heavy (non-hydrogen) atoms. The van der Waals surface area contributed by atoms with Crippen molar-refractivity contribution in [2.45, 2.75) is 19.8 Å². The van der Waals surface area contributed by atoms with Gasteiger partial charge in [0.1, 0.15) is 0 Å². The summed E-state index contributed by atoms with van der Waals surface area (Å²) in [6.45, 7) is 6.48. The minimum absolute atomic E-state index is 1.12. The highest BCUT2D eigenvalue weighted by Crippen LogP contribution is 2.37. The lowest BCUT2D eigenvalue weighted by Crippen LogP contribution is -1.89. The highest BCUT2D eigenvalue weighted by atomic mass is 32.1. The Kier molecular flexibility index (Phi) is 3.24. The molecular formula is C21H18S. The van der Waals surface area contributed by atoms with Gasteiger partial charge in [0.25, 0.3) is 0 Å². The fourth-order valence-corrected chi connectivity index (χ4v) is 4.15. The normalized spacial score (nSPS) is 14.5. The third-order valence-electron chi connectivity index (χ3n) is 4.32. The molecule has 4 rings (SSSR count). The number of benzene rings is 2. The number of hydrogen-bond acceptors (Lipinski definition) is 1. The fraction of sp³-hybridized carbons (Fsp3) is 0.143. The molecule has 1 aliphatic carbocycles. The predicted molar refractivity (Wildman–Crippen MR) is 99.6 cm³/mol. The molecule has 0 amide bonds. The van der Waals surface area contributed by atoms with Crippen molar-refractivity contribution >= 4 is 37.1 Å². The Balaban J connectivity index is 1.87. The lowest BCUT2D eigenvalue weighted by atomic mass is 9.94. The van der Waals surface area contributed by atoms with Crippen molar-refractivity contribution in [3.63, 3.8) is 0 Å². The summed E-state index contributed by atoms with van der Waals surface area (Å²) >= 11 is 1.87. The summed E-state index contributed by atoms with van der Waals surface area (Å²) in [6, 6.07) is 13.5. The van der Waals surface area contributed by atoms with Crippen molar-refractivity contribution in [3.05, 3.63) is 77.9 Å². The highest BCUT2D eigenvalue weighted by Gasteiger charge is 2.09. The molecular weight excluding hydrogens is 284 g/mol. The van der Waals surface area contributed by atoms with E-state index in [2.05, 4.69) is 68.1 Å². The molecule has 0 saturated carbocycles. The molecule has 0 aliphatic heterocycles. The average Bonchev–Trinajstić information content (AvgIpc) is 2.92. The first-order chi connectivity index (χ1) is 10.7. The van der Waals surface area contributed by atoms with Crippen molar-refractivity contribution in [2.24, 2.45) is 0 Å². The van der Waals surface area contributed by atoms with Gasteiger partial charge in [-0.3, -0.25) is 0 Å². The zero-order chi connectivity index (χ0) is 15.1. The minimum Gasteiger partial charge on any atom is -0.135 e. The number of allylic oxidation sites excluding steroid dienone is 5. The third kappa shape index (κ3) is 2.22. The van der Waals surface area contributed by atoms with Crippen molar-refractivity contribution in [1.29, 1.82) is 0 Å². The Bertz CT molecular complexity index is 951. The zero-order valence-corrected chi connectivity index (χ0v) is 13.5. The number of rotatable bonds is 2. The standard InChI is InChI=1S/C21H18S/c1-14-8-10-20-18(12-14)19-13-17(9-11-21(19)22-20)15(2)16-6-4-3-5-7-16/h4,6-13H,2-3,5H2,1H3. The first-order valence-corrected chi connectivity index (χ1v) is 8.53. The van der Waals surface area contributed by atoms with E-state index in [4.69, 9.17) is 0 Å². The molecule has 1 heterocycles. The quantitative estimate of drug-likeness (QED) is 0.497. The molecule has 0 nitrogen and oxygen atoms in total. The molecule has 0 radical (unpaired) electrons. The second-order valence-electron chi connectivity index (χ2n) is 5.93. The van der Waals surface area contributed by atoms with Crippen molar-refractivity contribution < 1.29 is 0 Å². The van der Waals surface area contributed by atoms with Gasteiger partial charge >= 0.3 is 0 Å². The largest absolute Gasteiger partial charge is 0.135 e. The van der Waals surface area contributed by atoms with E-state index in [-0.39, 0.29) is 0 Å². The summed E-state index contributed by atoms with van der Waals surface area (Å²) in [6.07, 6.45) is 8.99. The Morgan fingerprint density at radius 3 is 2.55 bits per heavy atom. The van der Waals surface area contributed by atoms with Crippen LogP contribution in [-0.2, 0) is 0 Å². The Hall–Kier alpha value is -2.12. The second kappa shape index (κ2) is 5.26. The maximum Gasteiger partial charge on any atom is 0.0355 e. The van der Waals surface area contributed by atoms with Crippen LogP contribution >= 0.6 is 11.3 Å². The van der Waals surface area contributed by atoms with Crippen LogP contribution in [0.5, 0.6) is 0 Å². The van der Waals surface area contributed by atoms with Crippen LogP contribution in [0.25, 0.3) is 25.7 Å². The lowest BCUT2D eigenvalue weighted by Gasteiger charge is -2.11. The van der Waals surface area contributed by atoms with Gasteiger partial charge in [0.2, 0.25) is 0 Å². The van der Waals surface area contributed by atoms with E-state index < -0.39 is 0 Å². The van der Waals surface area contributed by atoms with Gasteiger partial charge in [-0.25, -0.2) is 0 Å². The van der Waals surface area contributed by atoms with E-state index in [0.29, 0.717) is 0 Å². The number of hydrogen-bond donors (Lipinski definition) is 0. The van der Waals surface area contributed by atoms with Gasteiger partial charge in [0.05, 0.1) is 0 Å². The highest BCUT2D eigenvalue weighted by molar-refractivity contribution is 7.25. The summed E-state index contributed by atoms with van der Waals surface area (Å²) in [4.78, 5) is 0. The molecule has 0 spiro atoms. The summed E-state index contributed by atoms with van der Waals surface area (Å²) < 4.78 is 2.71. The van der Waals surface area contributed by atoms with Crippen LogP contribution in [0.1, 0.15) is 24.0 Å². The van der Waals surface area contributed by atoms with Crippen LogP contribution in [0.4, 0.5) is 0 Å². The van der Waals surface area contributed by atoms with Crippen LogP contribution in [0.15, 0.2) is 66.8 Å². The van der Waals surface area contributed by atoms with Crippen LogP contribution in [0.3, 0.4) is 0 Å². The Morgan fingerprint density at radius 1 is 1.00 bits per heavy atom. The van der Waals surface area contributed by atoms with Gasteiger partial charge in [-0.2, -0.15) is 0 Å². The fourth-order valence-electron chi connectivity index (χ4n) is 3.08. The van der Waals surface area contributed by atoms with E-state index in [9.17, 15) is 0 Å². The first kappa shape index (κ1) is 13.5. The smallest absolute Gasteiger partial charge is 0.0355 e. The molecule has 1 aromatic heterocycles. The van der Waals surface area contributed by atoms with Gasteiger partial charge in [-0.1, -0.05) is 42.5 Å². The average molecular weight is 302 g/mol. The zero-order valence-electron chi connectivity index (χ0n) is 12.7. The van der Waals surface area contributed by atoms with E-state index in [1.165, 1.54) is 36.9 Å². The van der Waals surface area contributed by atoms with Gasteiger partial charge < -0.3 is 0 Å². The molecule has 1 heteroatoms. The van der Waals surface area contributed by atoms with Crippen LogP contribution < -0.4 is 0 Å². The first-order valence-electron chi connectivity index (χ1n) is 7.72. The summed E-state index contributed by atoms with van der Waals surface area (Å²) in [7, 11) is 0. The number of aryl methyl sites for hydroxylation is 1. The predicted octanol–water partition coefficient (Wildman–Crippen LogP) is 6.65. The molecule has 0 atom stereocenters. The SMILES string of the molecule is C=C(C1=CCCC=C1)c1ccc2sc3ccc(C)cc3c2c1. The Morgan fingerprint density at radius 2 is 1.77 bits per heavy atom. The molecule has 108 valence electrons. The van der Waals surface area contributed by atoms with Crippen LogP contribution in [0, 0.1) is 6.92 Å². The van der Waals surface area contributed by atoms with Crippen molar-refractivity contribution in [1.82, 2.24) is 0 Å². The maximum atomic E-state index is 4.32. The molecule has 0 bridgehead atoms. The van der Waals surface area contributed by atoms with Crippen LogP contribution in [-0.4, -0.2) is 0 Å². The summed E-state index contributed by atoms with van der Waals surface area (Å²) in [5, 5.41) is 2.71. The third-order valence-corrected chi connectivity index (χ3v) is 5.47. The van der Waals surface area contributed by atoms with E-state index in [1.54, 1.807) is 0 Å². The number of thiophene rings is 1. The van der Waals surface area contributed by atoms with Gasteiger partial charge in [-0.15, -0.1) is 11.3 Å². The minimum atomic E-state index is 1.12. The van der Waals surface area contributed by atoms with Gasteiger partial charge in [-0.05, 0) is 60.7 Å². The van der Waals surface area contributed by atoms with Crippen molar-refractivity contribution in [3.8, 4) is 0 Å². The molecule has 3 aromatic rings. The molecule has 1 aliphatic rings. The van der Waals surface area contributed by atoms with E-state index >= 15 is 0 Å². The molecule has 0 saturated heterocycles. The van der Waals surface area contributed by atoms with Crippen molar-refractivity contribution in [2.75, 3.05) is 0 Å².